The molecule has 7 nitrogen and oxygen atoms in total. The lowest BCUT2D eigenvalue weighted by Crippen LogP contribution is -2.49. The maximum Gasteiger partial charge on any atom is 0.290 e. The molecule has 1 fully saturated rings. The van der Waals surface area contributed by atoms with Crippen molar-refractivity contribution in [3.63, 3.8) is 0 Å². The fraction of sp³-hybridized carbons (Fsp3) is 0.261. The van der Waals surface area contributed by atoms with E-state index in [-0.39, 0.29) is 5.91 Å². The monoisotopic (exact) mass is 400 g/mol. The van der Waals surface area contributed by atoms with Gasteiger partial charge in [-0.05, 0) is 43.3 Å². The molecule has 1 aliphatic rings. The summed E-state index contributed by atoms with van der Waals surface area (Å²) in [6, 6.07) is 16.3. The van der Waals surface area contributed by atoms with Crippen LogP contribution in [0.3, 0.4) is 0 Å². The number of amides is 1. The van der Waals surface area contributed by atoms with Crippen LogP contribution in [0.2, 0.25) is 0 Å². The van der Waals surface area contributed by atoms with Crippen molar-refractivity contribution in [1.82, 2.24) is 24.0 Å². The number of benzene rings is 2. The van der Waals surface area contributed by atoms with Crippen molar-refractivity contribution in [2.45, 2.75) is 6.92 Å². The predicted octanol–water partition coefficient (Wildman–Crippen LogP) is 3.03. The first-order valence-corrected chi connectivity index (χ1v) is 10.2. The van der Waals surface area contributed by atoms with Crippen LogP contribution in [0.5, 0.6) is 0 Å². The van der Waals surface area contributed by atoms with Crippen molar-refractivity contribution in [3.8, 4) is 5.69 Å². The highest BCUT2D eigenvalue weighted by Gasteiger charge is 2.25. The summed E-state index contributed by atoms with van der Waals surface area (Å²) in [5, 5.41) is 0. The second-order valence-corrected chi connectivity index (χ2v) is 7.70. The van der Waals surface area contributed by atoms with Crippen molar-refractivity contribution < 1.29 is 4.79 Å². The number of carbonyl (C=O) groups excluding carboxylic acids is 1. The second kappa shape index (κ2) is 7.33. The number of rotatable bonds is 3. The van der Waals surface area contributed by atoms with Gasteiger partial charge in [-0.25, -0.2) is 9.97 Å². The molecule has 0 N–H and O–H groups in total. The molecule has 0 bridgehead atoms. The van der Waals surface area contributed by atoms with Crippen LogP contribution >= 0.6 is 0 Å². The summed E-state index contributed by atoms with van der Waals surface area (Å²) in [5.74, 6) is 0.504. The van der Waals surface area contributed by atoms with E-state index in [0.29, 0.717) is 18.9 Å². The van der Waals surface area contributed by atoms with Gasteiger partial charge in [-0.2, -0.15) is 0 Å². The first-order valence-electron chi connectivity index (χ1n) is 10.2. The number of carbonyl (C=O) groups is 1. The molecule has 2 aromatic carbocycles. The molecule has 0 unspecified atom stereocenters. The molecule has 152 valence electrons. The Morgan fingerprint density at radius 3 is 2.30 bits per heavy atom. The molecule has 3 heterocycles. The van der Waals surface area contributed by atoms with Gasteiger partial charge in [-0.15, -0.1) is 0 Å². The highest BCUT2D eigenvalue weighted by Crippen LogP contribution is 2.21. The quantitative estimate of drug-likeness (QED) is 0.530. The lowest BCUT2D eigenvalue weighted by molar-refractivity contribution is 0.0731. The van der Waals surface area contributed by atoms with E-state index in [4.69, 9.17) is 0 Å². The third-order valence-electron chi connectivity index (χ3n) is 5.77. The number of aryl methyl sites for hydroxylation is 2. The Morgan fingerprint density at radius 1 is 0.933 bits per heavy atom. The van der Waals surface area contributed by atoms with Crippen molar-refractivity contribution in [1.29, 1.82) is 0 Å². The van der Waals surface area contributed by atoms with E-state index in [2.05, 4.69) is 39.1 Å². The van der Waals surface area contributed by atoms with Gasteiger partial charge >= 0.3 is 0 Å². The van der Waals surface area contributed by atoms with Gasteiger partial charge < -0.3 is 18.9 Å². The van der Waals surface area contributed by atoms with Gasteiger partial charge in [0.15, 0.2) is 5.82 Å². The maximum atomic E-state index is 13.1. The molecular formula is C23H24N6O. The number of hydrogen-bond donors (Lipinski definition) is 0. The minimum absolute atomic E-state index is 0.000763. The summed E-state index contributed by atoms with van der Waals surface area (Å²) >= 11 is 0. The summed E-state index contributed by atoms with van der Waals surface area (Å²) in [4.78, 5) is 26.1. The smallest absolute Gasteiger partial charge is 0.290 e. The number of imidazole rings is 2. The van der Waals surface area contributed by atoms with E-state index in [1.165, 1.54) is 5.69 Å². The van der Waals surface area contributed by atoms with E-state index < -0.39 is 0 Å². The number of anilines is 1. The van der Waals surface area contributed by atoms with Gasteiger partial charge in [0, 0.05) is 50.8 Å². The van der Waals surface area contributed by atoms with Gasteiger partial charge in [0.2, 0.25) is 0 Å². The molecule has 1 saturated heterocycles. The van der Waals surface area contributed by atoms with E-state index in [9.17, 15) is 4.79 Å². The number of nitrogens with zero attached hydrogens (tertiary/aromatic N) is 6. The Balaban J connectivity index is 1.26. The van der Waals surface area contributed by atoms with Crippen molar-refractivity contribution in [3.05, 3.63) is 72.6 Å². The number of aromatic nitrogens is 4. The Hall–Kier alpha value is -3.61. The molecule has 7 heteroatoms. The molecule has 2 aromatic heterocycles. The molecule has 0 saturated carbocycles. The number of piperazine rings is 1. The molecular weight excluding hydrogens is 376 g/mol. The topological polar surface area (TPSA) is 59.2 Å². The lowest BCUT2D eigenvalue weighted by atomic mass is 10.2. The summed E-state index contributed by atoms with van der Waals surface area (Å²) in [7, 11) is 1.90. The zero-order chi connectivity index (χ0) is 20.7. The molecule has 0 radical (unpaired) electrons. The maximum absolute atomic E-state index is 13.1. The second-order valence-electron chi connectivity index (χ2n) is 7.70. The van der Waals surface area contributed by atoms with Crippen LogP contribution in [0.4, 0.5) is 5.69 Å². The fourth-order valence-corrected chi connectivity index (χ4v) is 4.04. The summed E-state index contributed by atoms with van der Waals surface area (Å²) < 4.78 is 3.91. The predicted molar refractivity (Wildman–Crippen MR) is 117 cm³/mol. The normalized spacial score (nSPS) is 14.5. The Labute approximate surface area is 175 Å². The minimum Gasteiger partial charge on any atom is -0.368 e. The van der Waals surface area contributed by atoms with Crippen LogP contribution in [0.15, 0.2) is 61.1 Å². The van der Waals surface area contributed by atoms with Crippen LogP contribution in [0.25, 0.3) is 16.7 Å². The standard InChI is InChI=1S/C23H24N6O/c1-17-15-29(16-24-17)19-9-7-18(8-10-19)27-11-13-28(14-12-27)23(30)22-25-20-5-3-4-6-21(20)26(22)2/h3-10,15-16H,11-14H2,1-2H3. The zero-order valence-electron chi connectivity index (χ0n) is 17.2. The van der Waals surface area contributed by atoms with E-state index in [0.717, 1.165) is 35.5 Å². The highest BCUT2D eigenvalue weighted by atomic mass is 16.2. The third-order valence-corrected chi connectivity index (χ3v) is 5.77. The highest BCUT2D eigenvalue weighted by molar-refractivity contribution is 5.95. The SMILES string of the molecule is Cc1cn(-c2ccc(N3CCN(C(=O)c4nc5ccccc5n4C)CC3)cc2)cn1. The molecule has 5 rings (SSSR count). The number of para-hydroxylation sites is 2. The van der Waals surface area contributed by atoms with Crippen LogP contribution < -0.4 is 4.90 Å². The molecule has 0 aliphatic carbocycles. The Kier molecular flexibility index (Phi) is 4.50. The Bertz CT molecular complexity index is 1200. The van der Waals surface area contributed by atoms with Crippen molar-refractivity contribution >= 4 is 22.6 Å². The molecule has 1 aliphatic heterocycles. The van der Waals surface area contributed by atoms with Gasteiger partial charge in [0.1, 0.15) is 0 Å². The van der Waals surface area contributed by atoms with E-state index in [1.807, 2.05) is 64.8 Å². The molecule has 1 amide bonds. The van der Waals surface area contributed by atoms with Crippen LogP contribution in [0.1, 0.15) is 16.3 Å². The fourth-order valence-electron chi connectivity index (χ4n) is 4.04. The molecule has 30 heavy (non-hydrogen) atoms. The van der Waals surface area contributed by atoms with Gasteiger partial charge in [0.25, 0.3) is 5.91 Å². The number of hydrogen-bond acceptors (Lipinski definition) is 4. The summed E-state index contributed by atoms with van der Waals surface area (Å²) in [6.07, 6.45) is 3.84. The number of fused-ring (bicyclic) bond motifs is 1. The van der Waals surface area contributed by atoms with E-state index in [1.54, 1.807) is 0 Å². The average Bonchev–Trinajstić information content (AvgIpc) is 3.37. The van der Waals surface area contributed by atoms with Crippen molar-refractivity contribution in [2.75, 3.05) is 31.1 Å². The summed E-state index contributed by atoms with van der Waals surface area (Å²) in [6.45, 7) is 4.96. The lowest BCUT2D eigenvalue weighted by Gasteiger charge is -2.36. The molecule has 4 aromatic rings. The van der Waals surface area contributed by atoms with E-state index >= 15 is 0 Å². The average molecular weight is 400 g/mol. The molecule has 0 spiro atoms. The van der Waals surface area contributed by atoms with Gasteiger partial charge in [-0.1, -0.05) is 12.1 Å². The van der Waals surface area contributed by atoms with Crippen LogP contribution in [-0.4, -0.2) is 56.1 Å². The van der Waals surface area contributed by atoms with Crippen LogP contribution in [0, 0.1) is 6.92 Å². The first-order chi connectivity index (χ1) is 14.6. The van der Waals surface area contributed by atoms with Crippen LogP contribution in [-0.2, 0) is 7.05 Å². The van der Waals surface area contributed by atoms with Gasteiger partial charge in [0.05, 0.1) is 23.1 Å². The zero-order valence-corrected chi connectivity index (χ0v) is 17.2. The minimum atomic E-state index is -0.000763. The summed E-state index contributed by atoms with van der Waals surface area (Å²) in [5.41, 5.74) is 5.10. The molecule has 0 atom stereocenters. The largest absolute Gasteiger partial charge is 0.368 e. The van der Waals surface area contributed by atoms with Crippen molar-refractivity contribution in [2.24, 2.45) is 7.05 Å². The first kappa shape index (κ1) is 18.4. The Morgan fingerprint density at radius 2 is 1.63 bits per heavy atom. The third kappa shape index (κ3) is 3.22. The van der Waals surface area contributed by atoms with Gasteiger partial charge in [-0.3, -0.25) is 4.79 Å².